The van der Waals surface area contributed by atoms with Gasteiger partial charge in [0.05, 0.1) is 0 Å². The highest BCUT2D eigenvalue weighted by molar-refractivity contribution is 5.97. The molecule has 0 saturated carbocycles. The van der Waals surface area contributed by atoms with Gasteiger partial charge in [-0.15, -0.1) is 0 Å². The molecule has 2 atom stereocenters. The molecule has 5 nitrogen and oxygen atoms in total. The third-order valence-electron chi connectivity index (χ3n) is 5.47. The molecule has 2 aromatic carbocycles. The molecular formula is C22H25N3O2. The van der Waals surface area contributed by atoms with Gasteiger partial charge in [0.2, 0.25) is 11.8 Å². The van der Waals surface area contributed by atoms with Gasteiger partial charge < -0.3 is 10.2 Å². The molecule has 0 unspecified atom stereocenters. The Kier molecular flexibility index (Phi) is 4.94. The van der Waals surface area contributed by atoms with E-state index < -0.39 is 6.04 Å². The first-order valence-corrected chi connectivity index (χ1v) is 9.53. The highest BCUT2D eigenvalue weighted by Gasteiger charge is 2.43. The first-order valence-electron chi connectivity index (χ1n) is 9.53. The van der Waals surface area contributed by atoms with Crippen LogP contribution >= 0.6 is 0 Å². The molecule has 5 heteroatoms. The van der Waals surface area contributed by atoms with Crippen molar-refractivity contribution in [1.29, 1.82) is 0 Å². The van der Waals surface area contributed by atoms with Crippen molar-refractivity contribution in [3.63, 3.8) is 0 Å². The molecule has 2 fully saturated rings. The fraction of sp³-hybridized carbons (Fsp3) is 0.364. The minimum atomic E-state index is -0.459. The van der Waals surface area contributed by atoms with Crippen molar-refractivity contribution in [2.24, 2.45) is 0 Å². The van der Waals surface area contributed by atoms with Crippen LogP contribution in [-0.2, 0) is 22.6 Å². The minimum absolute atomic E-state index is 0.0378. The van der Waals surface area contributed by atoms with E-state index in [1.165, 1.54) is 11.1 Å². The predicted octanol–water partition coefficient (Wildman–Crippen LogP) is 1.75. The van der Waals surface area contributed by atoms with E-state index in [1.807, 2.05) is 30.3 Å². The van der Waals surface area contributed by atoms with Crippen molar-refractivity contribution in [3.8, 4) is 0 Å². The molecule has 4 rings (SSSR count). The predicted molar refractivity (Wildman–Crippen MR) is 104 cm³/mol. The van der Waals surface area contributed by atoms with Gasteiger partial charge in [0, 0.05) is 32.6 Å². The quantitative estimate of drug-likeness (QED) is 0.900. The molecule has 0 bridgehead atoms. The Hall–Kier alpha value is -2.66. The number of amides is 2. The van der Waals surface area contributed by atoms with Gasteiger partial charge in [0.25, 0.3) is 0 Å². The number of aryl methyl sites for hydroxylation is 1. The summed E-state index contributed by atoms with van der Waals surface area (Å²) in [7, 11) is 0. The van der Waals surface area contributed by atoms with Gasteiger partial charge in [-0.1, -0.05) is 60.2 Å². The SMILES string of the molecule is Cc1ccc(CN2CCN3C(=O)[C@H](Cc4ccccc4)NC(=O)[C@H]3C2)cc1. The van der Waals surface area contributed by atoms with Crippen LogP contribution in [0.2, 0.25) is 0 Å². The average Bonchev–Trinajstić information content (AvgIpc) is 2.68. The summed E-state index contributed by atoms with van der Waals surface area (Å²) in [6, 6.07) is 17.5. The molecule has 27 heavy (non-hydrogen) atoms. The van der Waals surface area contributed by atoms with E-state index in [0.717, 1.165) is 18.7 Å². The van der Waals surface area contributed by atoms with E-state index in [4.69, 9.17) is 0 Å². The van der Waals surface area contributed by atoms with Crippen LogP contribution in [0.4, 0.5) is 0 Å². The van der Waals surface area contributed by atoms with Crippen LogP contribution in [-0.4, -0.2) is 53.3 Å². The zero-order valence-electron chi connectivity index (χ0n) is 15.6. The van der Waals surface area contributed by atoms with E-state index in [-0.39, 0.29) is 17.9 Å². The molecule has 0 aromatic heterocycles. The maximum absolute atomic E-state index is 12.9. The van der Waals surface area contributed by atoms with Gasteiger partial charge in [0.15, 0.2) is 0 Å². The maximum Gasteiger partial charge on any atom is 0.246 e. The number of nitrogens with zero attached hydrogens (tertiary/aromatic N) is 2. The Morgan fingerprint density at radius 1 is 0.963 bits per heavy atom. The largest absolute Gasteiger partial charge is 0.342 e. The number of carbonyl (C=O) groups is 2. The molecule has 2 saturated heterocycles. The lowest BCUT2D eigenvalue weighted by molar-refractivity contribution is -0.153. The van der Waals surface area contributed by atoms with E-state index in [1.54, 1.807) is 4.90 Å². The highest BCUT2D eigenvalue weighted by Crippen LogP contribution is 2.20. The molecule has 0 aliphatic carbocycles. The van der Waals surface area contributed by atoms with E-state index in [0.29, 0.717) is 19.5 Å². The maximum atomic E-state index is 12.9. The van der Waals surface area contributed by atoms with Gasteiger partial charge in [-0.3, -0.25) is 14.5 Å². The van der Waals surface area contributed by atoms with Crippen LogP contribution < -0.4 is 5.32 Å². The second-order valence-corrected chi connectivity index (χ2v) is 7.52. The highest BCUT2D eigenvalue weighted by atomic mass is 16.2. The molecule has 2 aliphatic rings. The standard InChI is InChI=1S/C22H25N3O2/c1-16-7-9-18(10-8-16)14-24-11-12-25-20(15-24)21(26)23-19(22(25)27)13-17-5-3-2-4-6-17/h2-10,19-20H,11-15H2,1H3,(H,23,26)/t19-,20+/m0/s1. The third-order valence-corrected chi connectivity index (χ3v) is 5.47. The van der Waals surface area contributed by atoms with Crippen molar-refractivity contribution in [1.82, 2.24) is 15.1 Å². The molecule has 140 valence electrons. The molecule has 0 spiro atoms. The fourth-order valence-electron chi connectivity index (χ4n) is 3.94. The number of nitrogens with one attached hydrogen (secondary N) is 1. The number of hydrogen-bond donors (Lipinski definition) is 1. The summed E-state index contributed by atoms with van der Waals surface area (Å²) >= 11 is 0. The number of fused-ring (bicyclic) bond motifs is 1. The summed E-state index contributed by atoms with van der Waals surface area (Å²) < 4.78 is 0. The third kappa shape index (κ3) is 3.88. The molecular weight excluding hydrogens is 338 g/mol. The van der Waals surface area contributed by atoms with Crippen molar-refractivity contribution >= 4 is 11.8 Å². The second-order valence-electron chi connectivity index (χ2n) is 7.52. The lowest BCUT2D eigenvalue weighted by Gasteiger charge is -2.45. The first kappa shape index (κ1) is 17.7. The Morgan fingerprint density at radius 3 is 2.44 bits per heavy atom. The van der Waals surface area contributed by atoms with Crippen molar-refractivity contribution in [2.45, 2.75) is 32.0 Å². The van der Waals surface area contributed by atoms with Crippen molar-refractivity contribution < 1.29 is 9.59 Å². The van der Waals surface area contributed by atoms with Crippen LogP contribution in [0.1, 0.15) is 16.7 Å². The van der Waals surface area contributed by atoms with Gasteiger partial charge in [-0.05, 0) is 18.1 Å². The average molecular weight is 363 g/mol. The van der Waals surface area contributed by atoms with Gasteiger partial charge in [-0.25, -0.2) is 0 Å². The number of piperazine rings is 2. The van der Waals surface area contributed by atoms with Crippen LogP contribution in [0.25, 0.3) is 0 Å². The smallest absolute Gasteiger partial charge is 0.246 e. The molecule has 2 aromatic rings. The number of rotatable bonds is 4. The zero-order valence-corrected chi connectivity index (χ0v) is 15.6. The Labute approximate surface area is 160 Å². The summed E-state index contributed by atoms with van der Waals surface area (Å²) in [5, 5.41) is 2.95. The summed E-state index contributed by atoms with van der Waals surface area (Å²) in [6.07, 6.45) is 0.543. The summed E-state index contributed by atoms with van der Waals surface area (Å²) in [4.78, 5) is 29.6. The Bertz CT molecular complexity index is 819. The van der Waals surface area contributed by atoms with E-state index in [2.05, 4.69) is 41.4 Å². The fourth-order valence-corrected chi connectivity index (χ4v) is 3.94. The molecule has 2 aliphatic heterocycles. The van der Waals surface area contributed by atoms with Crippen LogP contribution in [0.3, 0.4) is 0 Å². The molecule has 2 heterocycles. The molecule has 2 amide bonds. The van der Waals surface area contributed by atoms with E-state index >= 15 is 0 Å². The second kappa shape index (κ2) is 7.53. The van der Waals surface area contributed by atoms with E-state index in [9.17, 15) is 9.59 Å². The van der Waals surface area contributed by atoms with Crippen LogP contribution in [0.5, 0.6) is 0 Å². The zero-order chi connectivity index (χ0) is 18.8. The topological polar surface area (TPSA) is 52.6 Å². The first-order chi connectivity index (χ1) is 13.1. The minimum Gasteiger partial charge on any atom is -0.342 e. The number of hydrogen-bond acceptors (Lipinski definition) is 3. The van der Waals surface area contributed by atoms with Crippen molar-refractivity contribution in [3.05, 3.63) is 71.3 Å². The summed E-state index contributed by atoms with van der Waals surface area (Å²) in [5.74, 6) is 0.00239. The Balaban J connectivity index is 1.41. The monoisotopic (exact) mass is 363 g/mol. The summed E-state index contributed by atoms with van der Waals surface area (Å²) in [5.41, 5.74) is 3.54. The molecule has 0 radical (unpaired) electrons. The number of carbonyl (C=O) groups excluding carboxylic acids is 2. The normalized spacial score (nSPS) is 23.1. The Morgan fingerprint density at radius 2 is 1.70 bits per heavy atom. The van der Waals surface area contributed by atoms with Gasteiger partial charge >= 0.3 is 0 Å². The number of benzene rings is 2. The van der Waals surface area contributed by atoms with Crippen LogP contribution in [0.15, 0.2) is 54.6 Å². The van der Waals surface area contributed by atoms with Gasteiger partial charge in [0.1, 0.15) is 12.1 Å². The van der Waals surface area contributed by atoms with Crippen molar-refractivity contribution in [2.75, 3.05) is 19.6 Å². The van der Waals surface area contributed by atoms with Gasteiger partial charge in [-0.2, -0.15) is 0 Å². The lowest BCUT2D eigenvalue weighted by Crippen LogP contribution is -2.69. The summed E-state index contributed by atoms with van der Waals surface area (Å²) in [6.45, 7) is 4.87. The lowest BCUT2D eigenvalue weighted by atomic mass is 9.98. The molecule has 1 N–H and O–H groups in total. The van der Waals surface area contributed by atoms with Crippen LogP contribution in [0, 0.1) is 6.92 Å².